The van der Waals surface area contributed by atoms with E-state index in [9.17, 15) is 18.0 Å². The molecule has 0 saturated heterocycles. The molecular formula is C16H12F3N3O2S2. The van der Waals surface area contributed by atoms with E-state index in [1.54, 1.807) is 11.4 Å². The van der Waals surface area contributed by atoms with E-state index in [2.05, 4.69) is 20.0 Å². The van der Waals surface area contributed by atoms with E-state index in [1.807, 2.05) is 17.5 Å². The van der Waals surface area contributed by atoms with Crippen molar-refractivity contribution < 1.29 is 22.7 Å². The molecule has 3 aromatic heterocycles. The number of amides is 1. The van der Waals surface area contributed by atoms with E-state index in [0.717, 1.165) is 9.88 Å². The third kappa shape index (κ3) is 5.02. The molecule has 0 aliphatic carbocycles. The molecule has 0 aliphatic heterocycles. The number of halogens is 3. The van der Waals surface area contributed by atoms with Gasteiger partial charge in [0.1, 0.15) is 10.7 Å². The van der Waals surface area contributed by atoms with Crippen molar-refractivity contribution in [2.75, 3.05) is 6.61 Å². The number of aromatic nitrogens is 2. The standard InChI is InChI=1S/C16H12F3N3O2S2/c17-16(18,19)9-24-13-6-10(3-4-20-13)7-21-14(23)11-8-26-15(22-11)12-2-1-5-25-12/h1-6,8H,7,9H2,(H,21,23). The number of alkyl halides is 3. The summed E-state index contributed by atoms with van der Waals surface area (Å²) >= 11 is 2.90. The molecule has 0 atom stereocenters. The number of hydrogen-bond donors (Lipinski definition) is 1. The first-order valence-corrected chi connectivity index (χ1v) is 9.09. The summed E-state index contributed by atoms with van der Waals surface area (Å²) < 4.78 is 41.1. The minimum Gasteiger partial charge on any atom is -0.468 e. The first kappa shape index (κ1) is 18.3. The number of ether oxygens (including phenoxy) is 1. The van der Waals surface area contributed by atoms with Crippen LogP contribution in [0.15, 0.2) is 41.2 Å². The van der Waals surface area contributed by atoms with Crippen LogP contribution in [0.25, 0.3) is 9.88 Å². The van der Waals surface area contributed by atoms with Crippen LogP contribution in [0.5, 0.6) is 5.88 Å². The molecule has 136 valence electrons. The molecule has 0 aromatic carbocycles. The average molecular weight is 399 g/mol. The van der Waals surface area contributed by atoms with E-state index >= 15 is 0 Å². The van der Waals surface area contributed by atoms with Gasteiger partial charge in [-0.05, 0) is 23.1 Å². The van der Waals surface area contributed by atoms with Crippen LogP contribution in [0.1, 0.15) is 16.1 Å². The number of carbonyl (C=O) groups excluding carboxylic acids is 1. The molecule has 3 rings (SSSR count). The average Bonchev–Trinajstić information content (AvgIpc) is 3.28. The van der Waals surface area contributed by atoms with E-state index in [4.69, 9.17) is 0 Å². The van der Waals surface area contributed by atoms with E-state index in [-0.39, 0.29) is 18.3 Å². The van der Waals surface area contributed by atoms with Gasteiger partial charge >= 0.3 is 6.18 Å². The zero-order valence-corrected chi connectivity index (χ0v) is 14.7. The molecule has 0 fully saturated rings. The maximum absolute atomic E-state index is 12.2. The fraction of sp³-hybridized carbons (Fsp3) is 0.188. The molecule has 0 aliphatic rings. The highest BCUT2D eigenvalue weighted by atomic mass is 32.1. The third-order valence-electron chi connectivity index (χ3n) is 3.10. The molecule has 26 heavy (non-hydrogen) atoms. The molecule has 3 heterocycles. The van der Waals surface area contributed by atoms with Crippen molar-refractivity contribution in [3.63, 3.8) is 0 Å². The summed E-state index contributed by atoms with van der Waals surface area (Å²) in [6.07, 6.45) is -3.11. The number of nitrogens with one attached hydrogen (secondary N) is 1. The van der Waals surface area contributed by atoms with Crippen LogP contribution in [0.4, 0.5) is 13.2 Å². The van der Waals surface area contributed by atoms with Crippen molar-refractivity contribution in [2.45, 2.75) is 12.7 Å². The summed E-state index contributed by atoms with van der Waals surface area (Å²) in [6.45, 7) is -1.30. The Kier molecular flexibility index (Phi) is 5.52. The zero-order chi connectivity index (χ0) is 18.6. The zero-order valence-electron chi connectivity index (χ0n) is 13.1. The molecule has 0 saturated carbocycles. The Hall–Kier alpha value is -2.46. The Morgan fingerprint density at radius 1 is 1.27 bits per heavy atom. The first-order valence-electron chi connectivity index (χ1n) is 7.33. The van der Waals surface area contributed by atoms with Crippen molar-refractivity contribution in [3.05, 3.63) is 52.5 Å². The first-order chi connectivity index (χ1) is 12.4. The van der Waals surface area contributed by atoms with Crippen LogP contribution in [-0.4, -0.2) is 28.7 Å². The van der Waals surface area contributed by atoms with Gasteiger partial charge in [0.25, 0.3) is 5.91 Å². The molecule has 1 amide bonds. The largest absolute Gasteiger partial charge is 0.468 e. The molecule has 3 aromatic rings. The lowest BCUT2D eigenvalue weighted by Gasteiger charge is -2.09. The van der Waals surface area contributed by atoms with Crippen LogP contribution in [0, 0.1) is 0 Å². The van der Waals surface area contributed by atoms with E-state index in [1.165, 1.54) is 34.9 Å². The highest BCUT2D eigenvalue weighted by Gasteiger charge is 2.28. The number of thiazole rings is 1. The Labute approximate surface area is 154 Å². The fourth-order valence-corrected chi connectivity index (χ4v) is 3.57. The number of carbonyl (C=O) groups is 1. The van der Waals surface area contributed by atoms with Crippen molar-refractivity contribution in [2.24, 2.45) is 0 Å². The summed E-state index contributed by atoms with van der Waals surface area (Å²) in [4.78, 5) is 21.2. The SMILES string of the molecule is O=C(NCc1ccnc(OCC(F)(F)F)c1)c1csc(-c2cccs2)n1. The minimum atomic E-state index is -4.43. The molecular weight excluding hydrogens is 387 g/mol. The molecule has 0 bridgehead atoms. The summed E-state index contributed by atoms with van der Waals surface area (Å²) in [5.74, 6) is -0.513. The lowest BCUT2D eigenvalue weighted by Crippen LogP contribution is -2.23. The maximum atomic E-state index is 12.2. The predicted octanol–water partition coefficient (Wildman–Crippen LogP) is 4.14. The van der Waals surface area contributed by atoms with Crippen molar-refractivity contribution in [3.8, 4) is 15.8 Å². The van der Waals surface area contributed by atoms with Crippen LogP contribution >= 0.6 is 22.7 Å². The Morgan fingerprint density at radius 3 is 2.85 bits per heavy atom. The second-order valence-corrected chi connectivity index (χ2v) is 6.91. The molecule has 1 N–H and O–H groups in total. The molecule has 10 heteroatoms. The molecule has 5 nitrogen and oxygen atoms in total. The van der Waals surface area contributed by atoms with Gasteiger partial charge in [0.05, 0.1) is 4.88 Å². The molecule has 0 unspecified atom stereocenters. The van der Waals surface area contributed by atoms with E-state index < -0.39 is 12.8 Å². The van der Waals surface area contributed by atoms with Gasteiger partial charge in [0.2, 0.25) is 5.88 Å². The van der Waals surface area contributed by atoms with Gasteiger partial charge in [0.15, 0.2) is 6.61 Å². The second kappa shape index (κ2) is 7.83. The summed E-state index contributed by atoms with van der Waals surface area (Å²) in [5, 5.41) is 7.03. The lowest BCUT2D eigenvalue weighted by atomic mass is 10.2. The summed E-state index contributed by atoms with van der Waals surface area (Å²) in [7, 11) is 0. The number of thiophene rings is 1. The van der Waals surface area contributed by atoms with Gasteiger partial charge in [-0.3, -0.25) is 4.79 Å². The van der Waals surface area contributed by atoms with Gasteiger partial charge in [-0.25, -0.2) is 9.97 Å². The lowest BCUT2D eigenvalue weighted by molar-refractivity contribution is -0.154. The van der Waals surface area contributed by atoms with Crippen LogP contribution in [-0.2, 0) is 6.54 Å². The number of nitrogens with zero attached hydrogens (tertiary/aromatic N) is 2. The van der Waals surface area contributed by atoms with E-state index in [0.29, 0.717) is 11.3 Å². The highest BCUT2D eigenvalue weighted by Crippen LogP contribution is 2.27. The highest BCUT2D eigenvalue weighted by molar-refractivity contribution is 7.20. The molecule has 0 radical (unpaired) electrons. The number of hydrogen-bond acceptors (Lipinski definition) is 6. The van der Waals surface area contributed by atoms with Gasteiger partial charge in [0, 0.05) is 24.2 Å². The van der Waals surface area contributed by atoms with Gasteiger partial charge in [-0.2, -0.15) is 13.2 Å². The smallest absolute Gasteiger partial charge is 0.422 e. The summed E-state index contributed by atoms with van der Waals surface area (Å²) in [6, 6.07) is 6.76. The van der Waals surface area contributed by atoms with Crippen molar-refractivity contribution in [1.82, 2.24) is 15.3 Å². The Morgan fingerprint density at radius 2 is 2.12 bits per heavy atom. The van der Waals surface area contributed by atoms with Gasteiger partial charge in [-0.1, -0.05) is 6.07 Å². The predicted molar refractivity (Wildman–Crippen MR) is 92.4 cm³/mol. The normalized spacial score (nSPS) is 11.3. The molecule has 0 spiro atoms. The fourth-order valence-electron chi connectivity index (χ4n) is 1.96. The Bertz CT molecular complexity index is 879. The van der Waals surface area contributed by atoms with Crippen molar-refractivity contribution in [1.29, 1.82) is 0 Å². The quantitative estimate of drug-likeness (QED) is 0.677. The number of pyridine rings is 1. The summed E-state index contributed by atoms with van der Waals surface area (Å²) in [5.41, 5.74) is 0.861. The maximum Gasteiger partial charge on any atom is 0.422 e. The van der Waals surface area contributed by atoms with Crippen molar-refractivity contribution >= 4 is 28.6 Å². The topological polar surface area (TPSA) is 64.1 Å². The van der Waals surface area contributed by atoms with Crippen LogP contribution in [0.3, 0.4) is 0 Å². The minimum absolute atomic E-state index is 0.121. The van der Waals surface area contributed by atoms with Crippen LogP contribution < -0.4 is 10.1 Å². The Balaban J connectivity index is 1.58. The van der Waals surface area contributed by atoms with Gasteiger partial charge < -0.3 is 10.1 Å². The monoisotopic (exact) mass is 399 g/mol. The number of rotatable bonds is 6. The van der Waals surface area contributed by atoms with Gasteiger partial charge in [-0.15, -0.1) is 22.7 Å². The van der Waals surface area contributed by atoms with Crippen LogP contribution in [0.2, 0.25) is 0 Å². The third-order valence-corrected chi connectivity index (χ3v) is 4.99. The second-order valence-electron chi connectivity index (χ2n) is 5.10.